The van der Waals surface area contributed by atoms with Gasteiger partial charge in [-0.05, 0) is 44.7 Å². The topological polar surface area (TPSA) is 15.3 Å². The summed E-state index contributed by atoms with van der Waals surface area (Å²) in [6, 6.07) is 1.60. The summed E-state index contributed by atoms with van der Waals surface area (Å²) in [5.41, 5.74) is 0. The van der Waals surface area contributed by atoms with Crippen LogP contribution in [0.3, 0.4) is 0 Å². The maximum Gasteiger partial charge on any atom is 0.0249 e. The van der Waals surface area contributed by atoms with Crippen molar-refractivity contribution in [1.29, 1.82) is 0 Å². The molecular formula is C13H26N2. The van der Waals surface area contributed by atoms with Gasteiger partial charge < -0.3 is 5.32 Å². The normalized spacial score (nSPS) is 31.4. The van der Waals surface area contributed by atoms with Crippen LogP contribution in [-0.2, 0) is 0 Å². The van der Waals surface area contributed by atoms with Crippen molar-refractivity contribution < 1.29 is 0 Å². The second-order valence-corrected chi connectivity index (χ2v) is 5.19. The molecule has 0 aromatic carbocycles. The van der Waals surface area contributed by atoms with Crippen molar-refractivity contribution in [2.24, 2.45) is 5.92 Å². The highest BCUT2D eigenvalue weighted by atomic mass is 15.2. The van der Waals surface area contributed by atoms with Crippen LogP contribution in [0, 0.1) is 5.92 Å². The zero-order valence-electron chi connectivity index (χ0n) is 10.3. The number of rotatable bonds is 6. The maximum absolute atomic E-state index is 3.66. The first-order chi connectivity index (χ1) is 7.35. The molecule has 2 fully saturated rings. The van der Waals surface area contributed by atoms with Crippen molar-refractivity contribution in [2.45, 2.75) is 58.0 Å². The summed E-state index contributed by atoms with van der Waals surface area (Å²) in [5, 5.41) is 3.66. The number of likely N-dealkylation sites (N-methyl/N-ethyl adjacent to an activating group) is 2. The molecule has 2 aliphatic carbocycles. The van der Waals surface area contributed by atoms with Gasteiger partial charge in [0.05, 0.1) is 0 Å². The van der Waals surface area contributed by atoms with Crippen molar-refractivity contribution in [3.05, 3.63) is 0 Å². The Bertz CT molecular complexity index is 189. The van der Waals surface area contributed by atoms with E-state index >= 15 is 0 Å². The standard InChI is InChI=1S/C13H26N2/c1-3-14-12-6-5-7-13(12)15(4-2)10-11-8-9-11/h11-14H,3-10H2,1-2H3. The minimum absolute atomic E-state index is 0.772. The summed E-state index contributed by atoms with van der Waals surface area (Å²) < 4.78 is 0. The fourth-order valence-electron chi connectivity index (χ4n) is 3.01. The molecule has 15 heavy (non-hydrogen) atoms. The van der Waals surface area contributed by atoms with Crippen LogP contribution in [0.5, 0.6) is 0 Å². The molecular weight excluding hydrogens is 184 g/mol. The Morgan fingerprint density at radius 2 is 1.93 bits per heavy atom. The van der Waals surface area contributed by atoms with E-state index in [4.69, 9.17) is 0 Å². The van der Waals surface area contributed by atoms with E-state index in [1.165, 1.54) is 45.2 Å². The van der Waals surface area contributed by atoms with E-state index in [2.05, 4.69) is 24.1 Å². The Balaban J connectivity index is 1.86. The van der Waals surface area contributed by atoms with Crippen LogP contribution in [-0.4, -0.2) is 36.6 Å². The van der Waals surface area contributed by atoms with E-state index in [1.54, 1.807) is 0 Å². The van der Waals surface area contributed by atoms with Gasteiger partial charge in [0.15, 0.2) is 0 Å². The highest BCUT2D eigenvalue weighted by molar-refractivity contribution is 4.91. The van der Waals surface area contributed by atoms with Crippen LogP contribution in [0.15, 0.2) is 0 Å². The molecule has 2 atom stereocenters. The quantitative estimate of drug-likeness (QED) is 0.723. The molecule has 0 aromatic heterocycles. The molecule has 2 nitrogen and oxygen atoms in total. The fraction of sp³-hybridized carbons (Fsp3) is 1.00. The summed E-state index contributed by atoms with van der Waals surface area (Å²) in [6.45, 7) is 8.28. The van der Waals surface area contributed by atoms with Crippen molar-refractivity contribution in [2.75, 3.05) is 19.6 Å². The molecule has 2 aliphatic rings. The average molecular weight is 210 g/mol. The Labute approximate surface area is 94.4 Å². The number of nitrogens with one attached hydrogen (secondary N) is 1. The van der Waals surface area contributed by atoms with Crippen LogP contribution in [0.4, 0.5) is 0 Å². The van der Waals surface area contributed by atoms with Gasteiger partial charge >= 0.3 is 0 Å². The Morgan fingerprint density at radius 3 is 2.53 bits per heavy atom. The Hall–Kier alpha value is -0.0800. The highest BCUT2D eigenvalue weighted by Gasteiger charge is 2.33. The van der Waals surface area contributed by atoms with Gasteiger partial charge in [-0.2, -0.15) is 0 Å². The van der Waals surface area contributed by atoms with Crippen molar-refractivity contribution in [3.63, 3.8) is 0 Å². The molecule has 0 heterocycles. The lowest BCUT2D eigenvalue weighted by Crippen LogP contribution is -2.47. The minimum Gasteiger partial charge on any atom is -0.313 e. The van der Waals surface area contributed by atoms with Crippen molar-refractivity contribution in [3.8, 4) is 0 Å². The third kappa shape index (κ3) is 2.94. The molecule has 2 heteroatoms. The molecule has 0 spiro atoms. The van der Waals surface area contributed by atoms with Gasteiger partial charge in [-0.15, -0.1) is 0 Å². The summed E-state index contributed by atoms with van der Waals surface area (Å²) in [7, 11) is 0. The molecule has 0 radical (unpaired) electrons. The molecule has 1 N–H and O–H groups in total. The fourth-order valence-corrected chi connectivity index (χ4v) is 3.01. The predicted molar refractivity (Wildman–Crippen MR) is 65.1 cm³/mol. The van der Waals surface area contributed by atoms with Crippen LogP contribution in [0.1, 0.15) is 46.0 Å². The number of nitrogens with zero attached hydrogens (tertiary/aromatic N) is 1. The Kier molecular flexibility index (Phi) is 4.04. The summed E-state index contributed by atoms with van der Waals surface area (Å²) in [5.74, 6) is 1.04. The van der Waals surface area contributed by atoms with Gasteiger partial charge in [0.2, 0.25) is 0 Å². The van der Waals surface area contributed by atoms with Crippen LogP contribution in [0.2, 0.25) is 0 Å². The lowest BCUT2D eigenvalue weighted by atomic mass is 10.1. The molecule has 2 saturated carbocycles. The van der Waals surface area contributed by atoms with Gasteiger partial charge in [-0.1, -0.05) is 20.3 Å². The lowest BCUT2D eigenvalue weighted by molar-refractivity contribution is 0.174. The van der Waals surface area contributed by atoms with E-state index in [9.17, 15) is 0 Å². The molecule has 2 rings (SSSR count). The zero-order chi connectivity index (χ0) is 10.7. The molecule has 0 aliphatic heterocycles. The van der Waals surface area contributed by atoms with Gasteiger partial charge in [-0.3, -0.25) is 4.90 Å². The first-order valence-corrected chi connectivity index (χ1v) is 6.82. The van der Waals surface area contributed by atoms with Gasteiger partial charge in [0.1, 0.15) is 0 Å². The third-order valence-corrected chi connectivity index (χ3v) is 4.01. The lowest BCUT2D eigenvalue weighted by Gasteiger charge is -2.32. The van der Waals surface area contributed by atoms with E-state index in [-0.39, 0.29) is 0 Å². The molecule has 0 aromatic rings. The second kappa shape index (κ2) is 5.31. The molecule has 88 valence electrons. The SMILES string of the molecule is CCNC1CCCC1N(CC)CC1CC1. The van der Waals surface area contributed by atoms with E-state index in [1.807, 2.05) is 0 Å². The smallest absolute Gasteiger partial charge is 0.0249 e. The molecule has 2 unspecified atom stereocenters. The largest absolute Gasteiger partial charge is 0.313 e. The molecule has 0 bridgehead atoms. The first-order valence-electron chi connectivity index (χ1n) is 6.82. The monoisotopic (exact) mass is 210 g/mol. The van der Waals surface area contributed by atoms with Crippen LogP contribution < -0.4 is 5.32 Å². The van der Waals surface area contributed by atoms with Crippen molar-refractivity contribution in [1.82, 2.24) is 10.2 Å². The van der Waals surface area contributed by atoms with E-state index < -0.39 is 0 Å². The van der Waals surface area contributed by atoms with Crippen LogP contribution in [0.25, 0.3) is 0 Å². The van der Waals surface area contributed by atoms with Gasteiger partial charge in [-0.25, -0.2) is 0 Å². The minimum atomic E-state index is 0.772. The van der Waals surface area contributed by atoms with Gasteiger partial charge in [0, 0.05) is 18.6 Å². The number of hydrogen-bond acceptors (Lipinski definition) is 2. The Morgan fingerprint density at radius 1 is 1.13 bits per heavy atom. The average Bonchev–Trinajstić information content (AvgIpc) is 2.95. The van der Waals surface area contributed by atoms with Crippen molar-refractivity contribution >= 4 is 0 Å². The maximum atomic E-state index is 3.66. The third-order valence-electron chi connectivity index (χ3n) is 4.01. The summed E-state index contributed by atoms with van der Waals surface area (Å²) >= 11 is 0. The molecule has 0 amide bonds. The number of hydrogen-bond donors (Lipinski definition) is 1. The summed E-state index contributed by atoms with van der Waals surface area (Å²) in [6.07, 6.45) is 7.19. The van der Waals surface area contributed by atoms with Crippen LogP contribution >= 0.6 is 0 Å². The second-order valence-electron chi connectivity index (χ2n) is 5.19. The predicted octanol–water partition coefficient (Wildman–Crippen LogP) is 2.25. The highest BCUT2D eigenvalue weighted by Crippen LogP contribution is 2.32. The first kappa shape index (κ1) is 11.4. The van der Waals surface area contributed by atoms with E-state index in [0.29, 0.717) is 0 Å². The van der Waals surface area contributed by atoms with E-state index in [0.717, 1.165) is 24.5 Å². The van der Waals surface area contributed by atoms with Gasteiger partial charge in [0.25, 0.3) is 0 Å². The summed E-state index contributed by atoms with van der Waals surface area (Å²) in [4.78, 5) is 2.73. The molecule has 0 saturated heterocycles. The zero-order valence-corrected chi connectivity index (χ0v) is 10.3.